The molecule has 1 spiro atoms. The zero-order valence-electron chi connectivity index (χ0n) is 32.4. The standard InChI is InChI=1S/C41H50N8O7/c1-23(2)33(47-40(54)55-5)37(50)48-19-6-8-31(48)35-42-21-29(44-35)27-13-9-25(10-14-27)26-11-15-28(16-12-26)30-22-43-36(45-30)32-20-41(17-7-18-41)56-49(32)38(51)34(24(3)4)46-39(52)53/h9-16,21-24,31-34,46H,6-8,17-20H2,1-5H3,(H,42,44)(H,43,45)(H,47,54)(H,52,53). The summed E-state index contributed by atoms with van der Waals surface area (Å²) in [4.78, 5) is 74.9. The molecule has 3 aliphatic rings. The van der Waals surface area contributed by atoms with Crippen molar-refractivity contribution in [2.24, 2.45) is 11.8 Å². The van der Waals surface area contributed by atoms with E-state index in [9.17, 15) is 24.3 Å². The van der Waals surface area contributed by atoms with E-state index in [-0.39, 0.29) is 23.8 Å². The Morgan fingerprint density at radius 3 is 1.79 bits per heavy atom. The Morgan fingerprint density at radius 1 is 0.786 bits per heavy atom. The van der Waals surface area contributed by atoms with Crippen LogP contribution in [-0.2, 0) is 19.2 Å². The van der Waals surface area contributed by atoms with Gasteiger partial charge in [-0.1, -0.05) is 76.2 Å². The van der Waals surface area contributed by atoms with Crippen molar-refractivity contribution in [3.63, 3.8) is 0 Å². The number of nitrogens with zero attached hydrogens (tertiary/aromatic N) is 4. The third-order valence-electron chi connectivity index (χ3n) is 11.3. The highest BCUT2D eigenvalue weighted by atomic mass is 16.7. The van der Waals surface area contributed by atoms with Crippen LogP contribution in [0.5, 0.6) is 0 Å². The zero-order valence-corrected chi connectivity index (χ0v) is 32.4. The normalized spacial score (nSPS) is 19.9. The second-order valence-corrected chi connectivity index (χ2v) is 15.7. The van der Waals surface area contributed by atoms with E-state index in [1.54, 1.807) is 31.1 Å². The highest BCUT2D eigenvalue weighted by Gasteiger charge is 2.53. The maximum Gasteiger partial charge on any atom is 0.407 e. The number of aromatic nitrogens is 4. The summed E-state index contributed by atoms with van der Waals surface area (Å²) in [5.41, 5.74) is 5.16. The fourth-order valence-corrected chi connectivity index (χ4v) is 7.98. The van der Waals surface area contributed by atoms with Crippen LogP contribution in [0.4, 0.5) is 9.59 Å². The number of hydrogen-bond acceptors (Lipinski definition) is 8. The summed E-state index contributed by atoms with van der Waals surface area (Å²) < 4.78 is 4.75. The van der Waals surface area contributed by atoms with Crippen LogP contribution in [0.2, 0.25) is 0 Å². The first kappa shape index (κ1) is 38.6. The van der Waals surface area contributed by atoms with Crippen molar-refractivity contribution in [1.29, 1.82) is 0 Å². The zero-order chi connectivity index (χ0) is 39.7. The van der Waals surface area contributed by atoms with Crippen LogP contribution in [-0.4, -0.2) is 90.3 Å². The van der Waals surface area contributed by atoms with Crippen LogP contribution in [0, 0.1) is 11.8 Å². The fraction of sp³-hybridized carbons (Fsp3) is 0.463. The van der Waals surface area contributed by atoms with Gasteiger partial charge >= 0.3 is 12.2 Å². The van der Waals surface area contributed by atoms with Crippen molar-refractivity contribution in [2.45, 2.75) is 96.0 Å². The molecule has 3 fully saturated rings. The number of rotatable bonds is 11. The van der Waals surface area contributed by atoms with E-state index in [2.05, 4.69) is 42.7 Å². The van der Waals surface area contributed by atoms with Gasteiger partial charge in [0, 0.05) is 13.0 Å². The summed E-state index contributed by atoms with van der Waals surface area (Å²) in [5, 5.41) is 15.8. The predicted molar refractivity (Wildman–Crippen MR) is 207 cm³/mol. The lowest BCUT2D eigenvalue weighted by Gasteiger charge is -2.37. The number of aromatic amines is 2. The van der Waals surface area contributed by atoms with Gasteiger partial charge in [-0.05, 0) is 66.2 Å². The third-order valence-corrected chi connectivity index (χ3v) is 11.3. The Hall–Kier alpha value is -5.70. The molecule has 2 aromatic heterocycles. The molecule has 0 bridgehead atoms. The van der Waals surface area contributed by atoms with E-state index in [1.165, 1.54) is 12.2 Å². The highest BCUT2D eigenvalue weighted by molar-refractivity contribution is 5.87. The minimum absolute atomic E-state index is 0.111. The molecule has 7 rings (SSSR count). The van der Waals surface area contributed by atoms with Gasteiger partial charge in [0.25, 0.3) is 5.91 Å². The highest BCUT2D eigenvalue weighted by Crippen LogP contribution is 2.50. The summed E-state index contributed by atoms with van der Waals surface area (Å²) >= 11 is 0. The van der Waals surface area contributed by atoms with Crippen molar-refractivity contribution in [3.05, 3.63) is 72.6 Å². The number of alkyl carbamates (subject to hydrolysis) is 1. The number of hydroxylamine groups is 2. The van der Waals surface area contributed by atoms with Gasteiger partial charge in [0.15, 0.2) is 0 Å². The van der Waals surface area contributed by atoms with Gasteiger partial charge < -0.3 is 35.3 Å². The smallest absolute Gasteiger partial charge is 0.407 e. The van der Waals surface area contributed by atoms with Gasteiger partial charge in [0.05, 0.1) is 42.5 Å². The first-order valence-corrected chi connectivity index (χ1v) is 19.3. The van der Waals surface area contributed by atoms with Gasteiger partial charge in [0.2, 0.25) is 5.91 Å². The number of likely N-dealkylation sites (tertiary alicyclic amines) is 1. The van der Waals surface area contributed by atoms with Crippen molar-refractivity contribution in [3.8, 4) is 33.6 Å². The molecule has 296 valence electrons. The second-order valence-electron chi connectivity index (χ2n) is 15.7. The maximum atomic E-state index is 13.6. The number of methoxy groups -OCH3 is 1. The number of imidazole rings is 2. The van der Waals surface area contributed by atoms with Crippen LogP contribution in [0.1, 0.15) is 90.0 Å². The lowest BCUT2D eigenvalue weighted by molar-refractivity contribution is -0.230. The van der Waals surface area contributed by atoms with Crippen LogP contribution in [0.25, 0.3) is 33.6 Å². The molecular formula is C41H50N8O7. The SMILES string of the molecule is COC(=O)NC(C(=O)N1CCCC1c1ncc(-c2ccc(-c3ccc(-c4cnc(C5CC6(CCC6)ON5C(=O)C(NC(=O)O)C(C)C)[nH]4)cc3)cc2)[nH]1)C(C)C. The number of benzene rings is 2. The molecule has 4 atom stereocenters. The lowest BCUT2D eigenvalue weighted by atomic mass is 9.77. The number of carbonyl (C=O) groups excluding carboxylic acids is 3. The average Bonchev–Trinajstić information content (AvgIpc) is 4.00. The molecule has 4 amide bonds. The van der Waals surface area contributed by atoms with E-state index >= 15 is 0 Å². The first-order chi connectivity index (χ1) is 26.9. The summed E-state index contributed by atoms with van der Waals surface area (Å²) in [6.07, 6.45) is 6.55. The maximum absolute atomic E-state index is 13.6. The molecule has 4 aromatic rings. The molecule has 15 heteroatoms. The number of carboxylic acid groups (broad SMARTS) is 1. The summed E-state index contributed by atoms with van der Waals surface area (Å²) in [6, 6.07) is 14.0. The Kier molecular flexibility index (Phi) is 10.9. The van der Waals surface area contributed by atoms with Crippen LogP contribution in [0.15, 0.2) is 60.9 Å². The molecule has 15 nitrogen and oxygen atoms in total. The van der Waals surface area contributed by atoms with Crippen LogP contribution in [0.3, 0.4) is 0 Å². The van der Waals surface area contributed by atoms with Gasteiger partial charge in [-0.2, -0.15) is 0 Å². The van der Waals surface area contributed by atoms with Crippen molar-refractivity contribution in [2.75, 3.05) is 13.7 Å². The number of nitrogens with one attached hydrogen (secondary N) is 4. The van der Waals surface area contributed by atoms with Gasteiger partial charge in [-0.3, -0.25) is 14.4 Å². The second kappa shape index (κ2) is 15.8. The molecule has 2 aliphatic heterocycles. The largest absolute Gasteiger partial charge is 0.465 e. The number of hydrogen-bond donors (Lipinski definition) is 5. The fourth-order valence-electron chi connectivity index (χ4n) is 7.98. The summed E-state index contributed by atoms with van der Waals surface area (Å²) in [7, 11) is 1.28. The van der Waals surface area contributed by atoms with E-state index in [4.69, 9.17) is 9.57 Å². The molecule has 1 saturated carbocycles. The molecule has 4 unspecified atom stereocenters. The van der Waals surface area contributed by atoms with Crippen molar-refractivity contribution < 1.29 is 33.9 Å². The number of amides is 4. The van der Waals surface area contributed by atoms with E-state index in [1.807, 2.05) is 50.2 Å². The van der Waals surface area contributed by atoms with Gasteiger partial charge in [-0.25, -0.2) is 24.6 Å². The van der Waals surface area contributed by atoms with E-state index in [0.29, 0.717) is 24.6 Å². The summed E-state index contributed by atoms with van der Waals surface area (Å²) in [6.45, 7) is 7.98. The number of H-pyrrole nitrogens is 2. The molecule has 2 aromatic carbocycles. The summed E-state index contributed by atoms with van der Waals surface area (Å²) in [5.74, 6) is 0.362. The van der Waals surface area contributed by atoms with E-state index < -0.39 is 41.8 Å². The number of ether oxygens (including phenoxy) is 1. The van der Waals surface area contributed by atoms with Crippen molar-refractivity contribution in [1.82, 2.24) is 40.5 Å². The Morgan fingerprint density at radius 2 is 1.30 bits per heavy atom. The Labute approximate surface area is 325 Å². The molecule has 4 heterocycles. The molecular weight excluding hydrogens is 716 g/mol. The molecule has 56 heavy (non-hydrogen) atoms. The molecule has 0 radical (unpaired) electrons. The first-order valence-electron chi connectivity index (χ1n) is 19.3. The molecule has 2 saturated heterocycles. The van der Waals surface area contributed by atoms with Crippen molar-refractivity contribution >= 4 is 24.0 Å². The molecule has 5 N–H and O–H groups in total. The minimum Gasteiger partial charge on any atom is -0.465 e. The number of carbonyl (C=O) groups is 4. The van der Waals surface area contributed by atoms with E-state index in [0.717, 1.165) is 65.7 Å². The average molecular weight is 767 g/mol. The molecule has 1 aliphatic carbocycles. The lowest BCUT2D eigenvalue weighted by Crippen LogP contribution is -2.51. The predicted octanol–water partition coefficient (Wildman–Crippen LogP) is 6.60. The monoisotopic (exact) mass is 766 g/mol. The van der Waals surface area contributed by atoms with Crippen LogP contribution >= 0.6 is 0 Å². The minimum atomic E-state index is -1.26. The topological polar surface area (TPSA) is 195 Å². The van der Waals surface area contributed by atoms with Crippen LogP contribution < -0.4 is 10.6 Å². The quantitative estimate of drug-likeness (QED) is 0.112. The Balaban J connectivity index is 1.02. The van der Waals surface area contributed by atoms with Gasteiger partial charge in [-0.15, -0.1) is 0 Å². The van der Waals surface area contributed by atoms with Gasteiger partial charge in [0.1, 0.15) is 29.8 Å². The third kappa shape index (κ3) is 7.72. The Bertz CT molecular complexity index is 2050.